The fraction of sp³-hybridized carbons (Fsp3) is 0.300. The second kappa shape index (κ2) is 6.78. The van der Waals surface area contributed by atoms with E-state index in [9.17, 15) is 5.11 Å². The molecule has 5 nitrogen and oxygen atoms in total. The molecule has 1 aliphatic rings. The lowest BCUT2D eigenvalue weighted by atomic mass is 9.95. The molecule has 5 heteroatoms. The minimum Gasteiger partial charge on any atom is -0.505 e. The smallest absolute Gasteiger partial charge is 0.151 e. The van der Waals surface area contributed by atoms with E-state index in [4.69, 9.17) is 0 Å². The molecule has 0 radical (unpaired) electrons. The maximum atomic E-state index is 11.0. The SMILES string of the molecule is C[NH+]1CC[NH+](C(c2cccnc2)c2ccc3cccnc3c2O)CC1. The molecule has 0 spiro atoms. The fourth-order valence-corrected chi connectivity index (χ4v) is 3.85. The first-order chi connectivity index (χ1) is 12.2. The van der Waals surface area contributed by atoms with Gasteiger partial charge in [-0.1, -0.05) is 12.1 Å². The molecule has 3 N–H and O–H groups in total. The summed E-state index contributed by atoms with van der Waals surface area (Å²) in [7, 11) is 2.24. The molecular formula is C20H24N4O+2. The number of aromatic hydroxyl groups is 1. The lowest BCUT2D eigenvalue weighted by molar-refractivity contribution is -1.02. The van der Waals surface area contributed by atoms with Crippen LogP contribution in [-0.2, 0) is 0 Å². The molecule has 128 valence electrons. The minimum atomic E-state index is 0.0770. The third-order valence-electron chi connectivity index (χ3n) is 5.26. The maximum absolute atomic E-state index is 11.0. The van der Waals surface area contributed by atoms with Gasteiger partial charge in [-0.25, -0.2) is 0 Å². The van der Waals surface area contributed by atoms with E-state index in [1.54, 1.807) is 17.3 Å². The van der Waals surface area contributed by atoms with Gasteiger partial charge in [-0.2, -0.15) is 0 Å². The van der Waals surface area contributed by atoms with Crippen molar-refractivity contribution in [1.29, 1.82) is 0 Å². The van der Waals surface area contributed by atoms with E-state index in [0.717, 1.165) is 42.7 Å². The monoisotopic (exact) mass is 336 g/mol. The molecule has 25 heavy (non-hydrogen) atoms. The van der Waals surface area contributed by atoms with Crippen LogP contribution in [0.25, 0.3) is 10.9 Å². The highest BCUT2D eigenvalue weighted by Gasteiger charge is 2.33. The average Bonchev–Trinajstić information content (AvgIpc) is 2.66. The molecule has 0 amide bonds. The molecule has 1 atom stereocenters. The summed E-state index contributed by atoms with van der Waals surface area (Å²) in [6.07, 6.45) is 5.45. The predicted octanol–water partition coefficient (Wildman–Crippen LogP) is -0.162. The number of nitrogens with one attached hydrogen (secondary N) is 2. The number of fused-ring (bicyclic) bond motifs is 1. The van der Waals surface area contributed by atoms with Gasteiger partial charge in [0.15, 0.2) is 5.75 Å². The summed E-state index contributed by atoms with van der Waals surface area (Å²) in [6.45, 7) is 4.42. The Morgan fingerprint density at radius 2 is 1.80 bits per heavy atom. The number of nitrogens with zero attached hydrogens (tertiary/aromatic N) is 2. The van der Waals surface area contributed by atoms with Gasteiger partial charge in [0.2, 0.25) is 0 Å². The Bertz CT molecular complexity index is 860. The van der Waals surface area contributed by atoms with E-state index in [1.807, 2.05) is 24.4 Å². The fourth-order valence-electron chi connectivity index (χ4n) is 3.85. The van der Waals surface area contributed by atoms with Gasteiger partial charge in [-0.05, 0) is 24.3 Å². The number of piperazine rings is 1. The van der Waals surface area contributed by atoms with Crippen molar-refractivity contribution in [2.75, 3.05) is 33.2 Å². The molecule has 0 aliphatic carbocycles. The van der Waals surface area contributed by atoms with Crippen LogP contribution in [0.2, 0.25) is 0 Å². The second-order valence-corrected chi connectivity index (χ2v) is 6.91. The third-order valence-corrected chi connectivity index (χ3v) is 5.26. The van der Waals surface area contributed by atoms with E-state index in [0.29, 0.717) is 11.3 Å². The van der Waals surface area contributed by atoms with Gasteiger partial charge in [0.1, 0.15) is 37.7 Å². The number of rotatable bonds is 3. The zero-order valence-corrected chi connectivity index (χ0v) is 14.4. The minimum absolute atomic E-state index is 0.0770. The summed E-state index contributed by atoms with van der Waals surface area (Å²) in [6, 6.07) is 12.1. The van der Waals surface area contributed by atoms with Gasteiger partial charge < -0.3 is 14.9 Å². The lowest BCUT2D eigenvalue weighted by Crippen LogP contribution is -3.27. The van der Waals surface area contributed by atoms with Gasteiger partial charge in [0.25, 0.3) is 0 Å². The van der Waals surface area contributed by atoms with Crippen LogP contribution in [0.4, 0.5) is 0 Å². The number of quaternary nitrogens is 2. The molecule has 4 rings (SSSR count). The van der Waals surface area contributed by atoms with Crippen molar-refractivity contribution < 1.29 is 14.9 Å². The van der Waals surface area contributed by atoms with E-state index >= 15 is 0 Å². The molecule has 1 saturated heterocycles. The normalized spacial score (nSPS) is 22.0. The summed E-state index contributed by atoms with van der Waals surface area (Å²) in [5, 5.41) is 11.9. The topological polar surface area (TPSA) is 54.9 Å². The zero-order valence-electron chi connectivity index (χ0n) is 14.4. The third kappa shape index (κ3) is 3.08. The van der Waals surface area contributed by atoms with Gasteiger partial charge in [0.05, 0.1) is 12.6 Å². The van der Waals surface area contributed by atoms with Crippen LogP contribution in [0.3, 0.4) is 0 Å². The Morgan fingerprint density at radius 1 is 1.00 bits per heavy atom. The molecule has 1 unspecified atom stereocenters. The number of benzene rings is 1. The van der Waals surface area contributed by atoms with Gasteiger partial charge in [-0.3, -0.25) is 9.97 Å². The van der Waals surface area contributed by atoms with E-state index in [1.165, 1.54) is 4.90 Å². The van der Waals surface area contributed by atoms with Crippen LogP contribution in [0.5, 0.6) is 5.75 Å². The first-order valence-electron chi connectivity index (χ1n) is 8.86. The number of hydrogen-bond donors (Lipinski definition) is 3. The van der Waals surface area contributed by atoms with Crippen LogP contribution in [0.15, 0.2) is 55.0 Å². The van der Waals surface area contributed by atoms with Crippen molar-refractivity contribution >= 4 is 10.9 Å². The van der Waals surface area contributed by atoms with Crippen LogP contribution >= 0.6 is 0 Å². The number of aromatic nitrogens is 2. The van der Waals surface area contributed by atoms with E-state index in [2.05, 4.69) is 35.2 Å². The summed E-state index contributed by atoms with van der Waals surface area (Å²) < 4.78 is 0. The molecule has 3 aromatic rings. The van der Waals surface area contributed by atoms with Gasteiger partial charge >= 0.3 is 0 Å². The molecule has 1 aliphatic heterocycles. The molecule has 0 saturated carbocycles. The summed E-state index contributed by atoms with van der Waals surface area (Å²) in [5.74, 6) is 0.297. The average molecular weight is 336 g/mol. The number of likely N-dealkylation sites (N-methyl/N-ethyl adjacent to an activating group) is 1. The van der Waals surface area contributed by atoms with Crippen LogP contribution in [-0.4, -0.2) is 48.3 Å². The number of phenols is 1. The Labute approximate surface area is 147 Å². The molecule has 0 bridgehead atoms. The largest absolute Gasteiger partial charge is 0.505 e. The highest BCUT2D eigenvalue weighted by atomic mass is 16.3. The van der Waals surface area contributed by atoms with Crippen molar-refractivity contribution in [3.8, 4) is 5.75 Å². The Morgan fingerprint density at radius 3 is 2.56 bits per heavy atom. The van der Waals surface area contributed by atoms with Crippen molar-refractivity contribution in [3.63, 3.8) is 0 Å². The first kappa shape index (κ1) is 16.0. The second-order valence-electron chi connectivity index (χ2n) is 6.91. The van der Waals surface area contributed by atoms with Crippen LogP contribution < -0.4 is 9.80 Å². The molecule has 3 heterocycles. The number of phenolic OH excluding ortho intramolecular Hbond substituents is 1. The van der Waals surface area contributed by atoms with Gasteiger partial charge in [0, 0.05) is 29.5 Å². The molecular weight excluding hydrogens is 312 g/mol. The Balaban J connectivity index is 1.82. The lowest BCUT2D eigenvalue weighted by Gasteiger charge is -2.34. The zero-order chi connectivity index (χ0) is 17.2. The van der Waals surface area contributed by atoms with Gasteiger partial charge in [-0.15, -0.1) is 0 Å². The molecule has 1 aromatic carbocycles. The maximum Gasteiger partial charge on any atom is 0.151 e. The number of hydrogen-bond acceptors (Lipinski definition) is 3. The van der Waals surface area contributed by atoms with Crippen LogP contribution in [0.1, 0.15) is 17.2 Å². The number of pyridine rings is 2. The molecule has 2 aromatic heterocycles. The van der Waals surface area contributed by atoms with E-state index in [-0.39, 0.29) is 6.04 Å². The van der Waals surface area contributed by atoms with Crippen molar-refractivity contribution in [3.05, 3.63) is 66.1 Å². The summed E-state index contributed by atoms with van der Waals surface area (Å²) in [4.78, 5) is 11.8. The summed E-state index contributed by atoms with van der Waals surface area (Å²) in [5.41, 5.74) is 2.75. The van der Waals surface area contributed by atoms with E-state index < -0.39 is 0 Å². The highest BCUT2D eigenvalue weighted by Crippen LogP contribution is 2.32. The summed E-state index contributed by atoms with van der Waals surface area (Å²) >= 11 is 0. The van der Waals surface area contributed by atoms with Crippen molar-refractivity contribution in [2.45, 2.75) is 6.04 Å². The quantitative estimate of drug-likeness (QED) is 0.623. The highest BCUT2D eigenvalue weighted by molar-refractivity contribution is 5.85. The Hall–Kier alpha value is -2.50. The molecule has 1 fully saturated rings. The van der Waals surface area contributed by atoms with Crippen LogP contribution in [0, 0.1) is 0 Å². The van der Waals surface area contributed by atoms with Crippen molar-refractivity contribution in [2.24, 2.45) is 0 Å². The Kier molecular flexibility index (Phi) is 4.34. The first-order valence-corrected chi connectivity index (χ1v) is 8.86. The standard InChI is InChI=1S/C20H22N4O/c1-23-10-12-24(13-11-23)19(16-5-2-8-21-14-16)17-7-6-15-4-3-9-22-18(15)20(17)25/h2-9,14,19,25H,10-13H2,1H3/p+2. The predicted molar refractivity (Wildman–Crippen MR) is 96.8 cm³/mol. The van der Waals surface area contributed by atoms with Crippen molar-refractivity contribution in [1.82, 2.24) is 9.97 Å².